The number of piperazine rings is 1. The Kier molecular flexibility index (Phi) is 3.69. The highest BCUT2D eigenvalue weighted by Crippen LogP contribution is 2.07. The lowest BCUT2D eigenvalue weighted by molar-refractivity contribution is 0.102. The molecule has 0 saturated carbocycles. The van der Waals surface area contributed by atoms with Crippen molar-refractivity contribution in [1.29, 1.82) is 0 Å². The van der Waals surface area contributed by atoms with Crippen molar-refractivity contribution in [3.8, 4) is 0 Å². The Morgan fingerprint density at radius 2 is 2.13 bits per heavy atom. The van der Waals surface area contributed by atoms with Gasteiger partial charge < -0.3 is 4.90 Å². The first-order chi connectivity index (χ1) is 7.24. The van der Waals surface area contributed by atoms with Gasteiger partial charge in [0.25, 0.3) is 0 Å². The number of aromatic nitrogens is 1. The molecule has 4 nitrogen and oxygen atoms in total. The molecular formula is C10H18N4S. The molecule has 0 aliphatic carbocycles. The van der Waals surface area contributed by atoms with Crippen LogP contribution in [0.25, 0.3) is 0 Å². The van der Waals surface area contributed by atoms with Crippen molar-refractivity contribution in [2.75, 3.05) is 33.2 Å². The Balaban J connectivity index is 1.74. The van der Waals surface area contributed by atoms with Gasteiger partial charge in [-0.1, -0.05) is 0 Å². The molecule has 15 heavy (non-hydrogen) atoms. The molecule has 1 N–H and O–H groups in total. The van der Waals surface area contributed by atoms with Crippen LogP contribution >= 0.6 is 11.3 Å². The van der Waals surface area contributed by atoms with Gasteiger partial charge in [0.15, 0.2) is 0 Å². The molecule has 1 aromatic rings. The molecular weight excluding hydrogens is 208 g/mol. The highest BCUT2D eigenvalue weighted by molar-refractivity contribution is 7.09. The highest BCUT2D eigenvalue weighted by atomic mass is 32.1. The first kappa shape index (κ1) is 11.0. The van der Waals surface area contributed by atoms with Crippen molar-refractivity contribution >= 4 is 11.3 Å². The Labute approximate surface area is 94.9 Å². The lowest BCUT2D eigenvalue weighted by Crippen LogP contribution is -2.50. The van der Waals surface area contributed by atoms with Gasteiger partial charge in [-0.3, -0.25) is 0 Å². The summed E-state index contributed by atoms with van der Waals surface area (Å²) in [4.78, 5) is 6.78. The van der Waals surface area contributed by atoms with E-state index in [4.69, 9.17) is 0 Å². The molecule has 1 fully saturated rings. The quantitative estimate of drug-likeness (QED) is 0.822. The van der Waals surface area contributed by atoms with Gasteiger partial charge in [-0.2, -0.15) is 0 Å². The van der Waals surface area contributed by atoms with E-state index in [0.29, 0.717) is 0 Å². The average Bonchev–Trinajstić information content (AvgIpc) is 2.64. The fourth-order valence-electron chi connectivity index (χ4n) is 1.65. The second kappa shape index (κ2) is 5.03. The number of rotatable bonds is 3. The van der Waals surface area contributed by atoms with Gasteiger partial charge in [-0.25, -0.2) is 15.4 Å². The Morgan fingerprint density at radius 3 is 2.73 bits per heavy atom. The predicted octanol–water partition coefficient (Wildman–Crippen LogP) is 0.704. The van der Waals surface area contributed by atoms with Crippen LogP contribution in [-0.4, -0.2) is 48.1 Å². The minimum atomic E-state index is 0.855. The van der Waals surface area contributed by atoms with Crippen LogP contribution in [0.1, 0.15) is 10.7 Å². The number of nitrogens with one attached hydrogen (secondary N) is 1. The van der Waals surface area contributed by atoms with Gasteiger partial charge in [-0.05, 0) is 14.0 Å². The van der Waals surface area contributed by atoms with E-state index in [-0.39, 0.29) is 0 Å². The minimum absolute atomic E-state index is 0.855. The van der Waals surface area contributed by atoms with Crippen molar-refractivity contribution in [2.24, 2.45) is 0 Å². The Hall–Kier alpha value is -0.490. The third-order valence-electron chi connectivity index (χ3n) is 2.65. The average molecular weight is 226 g/mol. The summed E-state index contributed by atoms with van der Waals surface area (Å²) in [6.07, 6.45) is 0. The van der Waals surface area contributed by atoms with Crippen LogP contribution in [-0.2, 0) is 6.54 Å². The van der Waals surface area contributed by atoms with Crippen LogP contribution in [0.2, 0.25) is 0 Å². The largest absolute Gasteiger partial charge is 0.304 e. The number of aryl methyl sites for hydroxylation is 1. The Morgan fingerprint density at radius 1 is 1.40 bits per heavy atom. The summed E-state index contributed by atoms with van der Waals surface area (Å²) >= 11 is 1.71. The molecule has 0 unspecified atom stereocenters. The van der Waals surface area contributed by atoms with Crippen molar-refractivity contribution in [2.45, 2.75) is 13.5 Å². The molecule has 1 saturated heterocycles. The molecule has 0 bridgehead atoms. The van der Waals surface area contributed by atoms with Crippen LogP contribution in [0.15, 0.2) is 5.38 Å². The van der Waals surface area contributed by atoms with Crippen molar-refractivity contribution in [3.63, 3.8) is 0 Å². The zero-order valence-corrected chi connectivity index (χ0v) is 10.2. The van der Waals surface area contributed by atoms with Gasteiger partial charge in [0.1, 0.15) is 0 Å². The van der Waals surface area contributed by atoms with Crippen LogP contribution in [0.5, 0.6) is 0 Å². The molecule has 84 valence electrons. The molecule has 1 aliphatic rings. The standard InChI is InChI=1S/C10H18N4S/c1-9-12-10(8-15-9)7-11-14-5-3-13(2)4-6-14/h8,11H,3-7H2,1-2H3. The summed E-state index contributed by atoms with van der Waals surface area (Å²) < 4.78 is 0. The molecule has 0 radical (unpaired) electrons. The van der Waals surface area contributed by atoms with Gasteiger partial charge in [-0.15, -0.1) is 11.3 Å². The third-order valence-corrected chi connectivity index (χ3v) is 3.48. The van der Waals surface area contributed by atoms with E-state index in [2.05, 4.69) is 32.7 Å². The Bertz CT molecular complexity index is 304. The summed E-state index contributed by atoms with van der Waals surface area (Å²) in [6.45, 7) is 7.38. The number of hydrogen-bond acceptors (Lipinski definition) is 5. The third kappa shape index (κ3) is 3.24. The SMILES string of the molecule is Cc1nc(CNN2CCN(C)CC2)cs1. The number of likely N-dealkylation sites (N-methyl/N-ethyl adjacent to an activating group) is 1. The number of thiazole rings is 1. The fourth-order valence-corrected chi connectivity index (χ4v) is 2.26. The molecule has 1 aliphatic heterocycles. The van der Waals surface area contributed by atoms with Gasteiger partial charge in [0, 0.05) is 31.6 Å². The number of nitrogens with zero attached hydrogens (tertiary/aromatic N) is 3. The molecule has 0 aromatic carbocycles. The normalized spacial score (nSPS) is 19.6. The van der Waals surface area contributed by atoms with E-state index in [1.807, 2.05) is 6.92 Å². The molecule has 5 heteroatoms. The monoisotopic (exact) mass is 226 g/mol. The van der Waals surface area contributed by atoms with E-state index in [1.165, 1.54) is 0 Å². The summed E-state index contributed by atoms with van der Waals surface area (Å²) in [5, 5.41) is 5.55. The lowest BCUT2D eigenvalue weighted by atomic mass is 10.4. The maximum absolute atomic E-state index is 4.43. The second-order valence-electron chi connectivity index (χ2n) is 3.98. The first-order valence-electron chi connectivity index (χ1n) is 5.32. The van der Waals surface area contributed by atoms with E-state index in [1.54, 1.807) is 11.3 Å². The summed E-state index contributed by atoms with van der Waals surface area (Å²) in [5.41, 5.74) is 4.57. The topological polar surface area (TPSA) is 31.4 Å². The molecule has 2 heterocycles. The summed E-state index contributed by atoms with van der Waals surface area (Å²) in [5.74, 6) is 0. The molecule has 0 amide bonds. The second-order valence-corrected chi connectivity index (χ2v) is 5.05. The smallest absolute Gasteiger partial charge is 0.0897 e. The van der Waals surface area contributed by atoms with Crippen LogP contribution in [0.3, 0.4) is 0 Å². The maximum atomic E-state index is 4.43. The van der Waals surface area contributed by atoms with Crippen LogP contribution < -0.4 is 5.43 Å². The highest BCUT2D eigenvalue weighted by Gasteiger charge is 2.13. The molecule has 0 atom stereocenters. The van der Waals surface area contributed by atoms with E-state index in [9.17, 15) is 0 Å². The van der Waals surface area contributed by atoms with Crippen molar-refractivity contribution in [3.05, 3.63) is 16.1 Å². The van der Waals surface area contributed by atoms with Gasteiger partial charge in [0.2, 0.25) is 0 Å². The lowest BCUT2D eigenvalue weighted by Gasteiger charge is -2.32. The molecule has 1 aromatic heterocycles. The number of hydrazine groups is 1. The number of hydrogen-bond donors (Lipinski definition) is 1. The van der Waals surface area contributed by atoms with Crippen molar-refractivity contribution < 1.29 is 0 Å². The fraction of sp³-hybridized carbons (Fsp3) is 0.700. The van der Waals surface area contributed by atoms with Gasteiger partial charge >= 0.3 is 0 Å². The van der Waals surface area contributed by atoms with Gasteiger partial charge in [0.05, 0.1) is 17.2 Å². The predicted molar refractivity (Wildman–Crippen MR) is 62.8 cm³/mol. The van der Waals surface area contributed by atoms with E-state index >= 15 is 0 Å². The maximum Gasteiger partial charge on any atom is 0.0897 e. The van der Waals surface area contributed by atoms with Crippen LogP contribution in [0.4, 0.5) is 0 Å². The van der Waals surface area contributed by atoms with E-state index < -0.39 is 0 Å². The van der Waals surface area contributed by atoms with Crippen LogP contribution in [0, 0.1) is 6.92 Å². The van der Waals surface area contributed by atoms with Crippen molar-refractivity contribution in [1.82, 2.24) is 20.3 Å². The summed E-state index contributed by atoms with van der Waals surface area (Å²) in [6, 6.07) is 0. The molecule has 2 rings (SSSR count). The zero-order valence-electron chi connectivity index (χ0n) is 9.36. The minimum Gasteiger partial charge on any atom is -0.304 e. The zero-order chi connectivity index (χ0) is 10.7. The molecule has 0 spiro atoms. The van der Waals surface area contributed by atoms with E-state index in [0.717, 1.165) is 43.4 Å². The summed E-state index contributed by atoms with van der Waals surface area (Å²) in [7, 11) is 2.17. The first-order valence-corrected chi connectivity index (χ1v) is 6.20.